The maximum atomic E-state index is 13.1. The molecule has 176 valence electrons. The number of carbonyl (C=O) groups excluding carboxylic acids is 1. The predicted molar refractivity (Wildman–Crippen MR) is 121 cm³/mol. The summed E-state index contributed by atoms with van der Waals surface area (Å²) in [4.78, 5) is 17.0. The largest absolute Gasteiger partial charge is 0.493 e. The number of methoxy groups -OCH3 is 2. The summed E-state index contributed by atoms with van der Waals surface area (Å²) in [6.45, 7) is 12.0. The van der Waals surface area contributed by atoms with E-state index in [0.29, 0.717) is 43.0 Å². The van der Waals surface area contributed by atoms with Crippen molar-refractivity contribution in [2.75, 3.05) is 60.0 Å². The molecule has 1 amide bonds. The van der Waals surface area contributed by atoms with Crippen LogP contribution in [0.1, 0.15) is 27.7 Å². The van der Waals surface area contributed by atoms with Gasteiger partial charge in [0.25, 0.3) is 0 Å². The van der Waals surface area contributed by atoms with Crippen molar-refractivity contribution < 1.29 is 22.7 Å². The highest BCUT2D eigenvalue weighted by Gasteiger charge is 2.31. The molecule has 1 heterocycles. The molecule has 1 aliphatic rings. The molecular weight excluding hydrogens is 418 g/mol. The molecule has 0 aromatic heterocycles. The van der Waals surface area contributed by atoms with Gasteiger partial charge in [-0.3, -0.25) is 9.69 Å². The standard InChI is InChI=1S/C22H37N3O5S/c1-17(2)14-23(15-18(3)4)16-22(26)24-9-11-25(12-10-24)31(27,28)19-7-8-20(29-5)21(13-19)30-6/h7-8,13,17-18H,9-12,14-16H2,1-6H3. The third-order valence-electron chi connectivity index (χ3n) is 5.19. The van der Waals surface area contributed by atoms with Crippen LogP contribution < -0.4 is 9.47 Å². The van der Waals surface area contributed by atoms with Gasteiger partial charge in [0, 0.05) is 45.3 Å². The molecule has 0 radical (unpaired) electrons. The lowest BCUT2D eigenvalue weighted by atomic mass is 10.1. The van der Waals surface area contributed by atoms with Gasteiger partial charge in [-0.1, -0.05) is 27.7 Å². The van der Waals surface area contributed by atoms with Crippen molar-refractivity contribution in [2.24, 2.45) is 11.8 Å². The van der Waals surface area contributed by atoms with Crippen molar-refractivity contribution in [3.8, 4) is 11.5 Å². The van der Waals surface area contributed by atoms with E-state index in [0.717, 1.165) is 13.1 Å². The number of hydrogen-bond acceptors (Lipinski definition) is 6. The van der Waals surface area contributed by atoms with E-state index in [9.17, 15) is 13.2 Å². The van der Waals surface area contributed by atoms with Gasteiger partial charge in [-0.15, -0.1) is 0 Å². The summed E-state index contributed by atoms with van der Waals surface area (Å²) >= 11 is 0. The minimum absolute atomic E-state index is 0.0597. The maximum Gasteiger partial charge on any atom is 0.243 e. The Bertz CT molecular complexity index is 824. The first-order chi connectivity index (χ1) is 14.6. The Morgan fingerprint density at radius 2 is 1.52 bits per heavy atom. The van der Waals surface area contributed by atoms with Crippen LogP contribution in [0.3, 0.4) is 0 Å². The highest BCUT2D eigenvalue weighted by molar-refractivity contribution is 7.89. The van der Waals surface area contributed by atoms with E-state index in [-0.39, 0.29) is 23.9 Å². The Morgan fingerprint density at radius 3 is 2.00 bits per heavy atom. The van der Waals surface area contributed by atoms with Gasteiger partial charge in [0.2, 0.25) is 15.9 Å². The van der Waals surface area contributed by atoms with Gasteiger partial charge in [0.15, 0.2) is 11.5 Å². The lowest BCUT2D eigenvalue weighted by Crippen LogP contribution is -2.53. The quantitative estimate of drug-likeness (QED) is 0.538. The molecular formula is C22H37N3O5S. The molecule has 1 fully saturated rings. The molecule has 1 aromatic rings. The molecule has 1 saturated heterocycles. The number of ether oxygens (including phenoxy) is 2. The molecule has 2 rings (SSSR count). The van der Waals surface area contributed by atoms with E-state index in [1.165, 1.54) is 30.7 Å². The van der Waals surface area contributed by atoms with E-state index in [4.69, 9.17) is 9.47 Å². The Hall–Kier alpha value is -1.84. The number of amides is 1. The van der Waals surface area contributed by atoms with Crippen LogP contribution in [-0.4, -0.2) is 88.5 Å². The van der Waals surface area contributed by atoms with Gasteiger partial charge >= 0.3 is 0 Å². The molecule has 0 saturated carbocycles. The summed E-state index contributed by atoms with van der Waals surface area (Å²) in [5.74, 6) is 1.87. The number of sulfonamides is 1. The Kier molecular flexibility index (Phi) is 9.14. The van der Waals surface area contributed by atoms with Crippen LogP contribution in [0.25, 0.3) is 0 Å². The fourth-order valence-corrected chi connectivity index (χ4v) is 5.27. The van der Waals surface area contributed by atoms with Crippen LogP contribution in [0.5, 0.6) is 11.5 Å². The van der Waals surface area contributed by atoms with Crippen LogP contribution in [0.2, 0.25) is 0 Å². The van der Waals surface area contributed by atoms with Crippen LogP contribution in [0.15, 0.2) is 23.1 Å². The third kappa shape index (κ3) is 6.82. The second-order valence-corrected chi connectivity index (χ2v) is 10.7. The summed E-state index contributed by atoms with van der Waals surface area (Å²) < 4.78 is 38.0. The van der Waals surface area contributed by atoms with Crippen molar-refractivity contribution in [1.29, 1.82) is 0 Å². The average molecular weight is 456 g/mol. The average Bonchev–Trinajstić information content (AvgIpc) is 2.72. The molecule has 0 N–H and O–H groups in total. The fraction of sp³-hybridized carbons (Fsp3) is 0.682. The van der Waals surface area contributed by atoms with Crippen molar-refractivity contribution in [1.82, 2.24) is 14.1 Å². The summed E-state index contributed by atoms with van der Waals surface area (Å²) in [6, 6.07) is 4.58. The van der Waals surface area contributed by atoms with Crippen molar-refractivity contribution in [2.45, 2.75) is 32.6 Å². The van der Waals surface area contributed by atoms with E-state index in [1.807, 2.05) is 0 Å². The zero-order chi connectivity index (χ0) is 23.2. The number of benzene rings is 1. The SMILES string of the molecule is COc1ccc(S(=O)(=O)N2CCN(C(=O)CN(CC(C)C)CC(C)C)CC2)cc1OC. The van der Waals surface area contributed by atoms with Crippen molar-refractivity contribution in [3.63, 3.8) is 0 Å². The van der Waals surface area contributed by atoms with Crippen LogP contribution in [-0.2, 0) is 14.8 Å². The minimum atomic E-state index is -3.67. The molecule has 0 unspecified atom stereocenters. The zero-order valence-electron chi connectivity index (χ0n) is 19.6. The van der Waals surface area contributed by atoms with Gasteiger partial charge in [-0.05, 0) is 24.0 Å². The second-order valence-electron chi connectivity index (χ2n) is 8.78. The van der Waals surface area contributed by atoms with Gasteiger partial charge in [0.05, 0.1) is 25.7 Å². The summed E-state index contributed by atoms with van der Waals surface area (Å²) in [5.41, 5.74) is 0. The summed E-state index contributed by atoms with van der Waals surface area (Å²) in [7, 11) is -0.696. The van der Waals surface area contributed by atoms with E-state index in [2.05, 4.69) is 32.6 Å². The number of nitrogens with zero attached hydrogens (tertiary/aromatic N) is 3. The van der Waals surface area contributed by atoms with E-state index >= 15 is 0 Å². The Labute approximate surface area is 187 Å². The fourth-order valence-electron chi connectivity index (χ4n) is 3.83. The maximum absolute atomic E-state index is 13.1. The monoisotopic (exact) mass is 455 g/mol. The lowest BCUT2D eigenvalue weighted by Gasteiger charge is -2.35. The summed E-state index contributed by atoms with van der Waals surface area (Å²) in [5, 5.41) is 0. The molecule has 0 aliphatic carbocycles. The highest BCUT2D eigenvalue weighted by Crippen LogP contribution is 2.30. The smallest absolute Gasteiger partial charge is 0.243 e. The Morgan fingerprint density at radius 1 is 0.968 bits per heavy atom. The number of carbonyl (C=O) groups is 1. The number of piperazine rings is 1. The van der Waals surface area contributed by atoms with Gasteiger partial charge in [-0.2, -0.15) is 4.31 Å². The van der Waals surface area contributed by atoms with Gasteiger partial charge in [0.1, 0.15) is 0 Å². The topological polar surface area (TPSA) is 79.4 Å². The highest BCUT2D eigenvalue weighted by atomic mass is 32.2. The molecule has 1 aliphatic heterocycles. The minimum Gasteiger partial charge on any atom is -0.493 e. The van der Waals surface area contributed by atoms with Crippen molar-refractivity contribution >= 4 is 15.9 Å². The zero-order valence-corrected chi connectivity index (χ0v) is 20.4. The normalized spacial score (nSPS) is 15.7. The van der Waals surface area contributed by atoms with Crippen molar-refractivity contribution in [3.05, 3.63) is 18.2 Å². The predicted octanol–water partition coefficient (Wildman–Crippen LogP) is 2.15. The van der Waals surface area contributed by atoms with Gasteiger partial charge in [-0.25, -0.2) is 8.42 Å². The second kappa shape index (κ2) is 11.2. The molecule has 0 spiro atoms. The van der Waals surface area contributed by atoms with Crippen LogP contribution >= 0.6 is 0 Å². The molecule has 0 atom stereocenters. The summed E-state index contributed by atoms with van der Waals surface area (Å²) in [6.07, 6.45) is 0. The first-order valence-corrected chi connectivity index (χ1v) is 12.2. The molecule has 31 heavy (non-hydrogen) atoms. The lowest BCUT2D eigenvalue weighted by molar-refractivity contribution is -0.133. The first kappa shape index (κ1) is 25.4. The molecule has 1 aromatic carbocycles. The molecule has 9 heteroatoms. The third-order valence-corrected chi connectivity index (χ3v) is 7.08. The van der Waals surface area contributed by atoms with Crippen LogP contribution in [0, 0.1) is 11.8 Å². The first-order valence-electron chi connectivity index (χ1n) is 10.8. The Balaban J connectivity index is 2.01. The number of hydrogen-bond donors (Lipinski definition) is 0. The van der Waals surface area contributed by atoms with E-state index in [1.54, 1.807) is 11.0 Å². The van der Waals surface area contributed by atoms with Gasteiger partial charge < -0.3 is 14.4 Å². The van der Waals surface area contributed by atoms with E-state index < -0.39 is 10.0 Å². The number of rotatable bonds is 10. The molecule has 0 bridgehead atoms. The van der Waals surface area contributed by atoms with Crippen LogP contribution in [0.4, 0.5) is 0 Å². The molecule has 8 nitrogen and oxygen atoms in total.